The Kier molecular flexibility index (Phi) is 4.55. The molecular weight excluding hydrogens is 349 g/mol. The highest BCUT2D eigenvalue weighted by atomic mass is 127. The molecule has 0 aliphatic heterocycles. The van der Waals surface area contributed by atoms with E-state index in [9.17, 15) is 5.11 Å². The maximum absolute atomic E-state index is 10.4. The lowest BCUT2D eigenvalue weighted by atomic mass is 9.85. The predicted molar refractivity (Wildman–Crippen MR) is 80.7 cm³/mol. The number of benzene rings is 1. The Morgan fingerprint density at radius 1 is 1.29 bits per heavy atom. The third-order valence-electron chi connectivity index (χ3n) is 3.32. The smallest absolute Gasteiger partial charge is 0.0819 e. The van der Waals surface area contributed by atoms with Crippen molar-refractivity contribution in [3.63, 3.8) is 0 Å². The molecular formula is C13H17ClINO. The predicted octanol–water partition coefficient (Wildman–Crippen LogP) is 4.05. The zero-order chi connectivity index (χ0) is 12.3. The van der Waals surface area contributed by atoms with Crippen LogP contribution in [-0.4, -0.2) is 17.3 Å². The van der Waals surface area contributed by atoms with Crippen molar-refractivity contribution < 1.29 is 5.11 Å². The van der Waals surface area contributed by atoms with Gasteiger partial charge in [0.25, 0.3) is 0 Å². The van der Waals surface area contributed by atoms with Crippen molar-refractivity contribution in [2.75, 3.05) is 11.9 Å². The molecule has 0 aromatic heterocycles. The first-order valence-electron chi connectivity index (χ1n) is 6.00. The monoisotopic (exact) mass is 365 g/mol. The third kappa shape index (κ3) is 3.73. The van der Waals surface area contributed by atoms with Gasteiger partial charge in [-0.2, -0.15) is 0 Å². The lowest BCUT2D eigenvalue weighted by Gasteiger charge is -2.32. The summed E-state index contributed by atoms with van der Waals surface area (Å²) in [4.78, 5) is 0. The second-order valence-corrected chi connectivity index (χ2v) is 6.36. The van der Waals surface area contributed by atoms with Gasteiger partial charge in [0.05, 0.1) is 5.60 Å². The van der Waals surface area contributed by atoms with Crippen LogP contribution in [0.1, 0.15) is 32.1 Å². The Morgan fingerprint density at radius 2 is 2.00 bits per heavy atom. The minimum atomic E-state index is -0.527. The van der Waals surface area contributed by atoms with Crippen molar-refractivity contribution in [2.45, 2.75) is 37.7 Å². The second-order valence-electron chi connectivity index (χ2n) is 4.76. The van der Waals surface area contributed by atoms with Crippen LogP contribution in [0.5, 0.6) is 0 Å². The SMILES string of the molecule is OC1(CNc2ccc(Cl)cc2I)CCCCC1. The molecule has 17 heavy (non-hydrogen) atoms. The first kappa shape index (κ1) is 13.4. The zero-order valence-corrected chi connectivity index (χ0v) is 12.6. The van der Waals surface area contributed by atoms with Gasteiger partial charge in [0, 0.05) is 20.8 Å². The second kappa shape index (κ2) is 5.76. The highest BCUT2D eigenvalue weighted by Gasteiger charge is 2.28. The van der Waals surface area contributed by atoms with Crippen molar-refractivity contribution >= 4 is 39.9 Å². The van der Waals surface area contributed by atoms with Crippen LogP contribution in [0, 0.1) is 3.57 Å². The van der Waals surface area contributed by atoms with Gasteiger partial charge in [-0.05, 0) is 53.6 Å². The summed E-state index contributed by atoms with van der Waals surface area (Å²) in [6.07, 6.45) is 5.33. The summed E-state index contributed by atoms with van der Waals surface area (Å²) in [5.74, 6) is 0. The Hall–Kier alpha value is -0.000000000000000111. The molecule has 4 heteroatoms. The molecule has 1 aromatic rings. The number of anilines is 1. The van der Waals surface area contributed by atoms with Gasteiger partial charge in [-0.15, -0.1) is 0 Å². The molecule has 2 rings (SSSR count). The maximum atomic E-state index is 10.4. The molecule has 2 N–H and O–H groups in total. The molecule has 0 unspecified atom stereocenters. The van der Waals surface area contributed by atoms with Crippen LogP contribution in [0.4, 0.5) is 5.69 Å². The van der Waals surface area contributed by atoms with Crippen LogP contribution in [-0.2, 0) is 0 Å². The molecule has 2 nitrogen and oxygen atoms in total. The summed E-state index contributed by atoms with van der Waals surface area (Å²) in [7, 11) is 0. The maximum Gasteiger partial charge on any atom is 0.0819 e. The van der Waals surface area contributed by atoms with Crippen LogP contribution >= 0.6 is 34.2 Å². The molecule has 1 aliphatic rings. The van der Waals surface area contributed by atoms with Gasteiger partial charge in [-0.3, -0.25) is 0 Å². The first-order chi connectivity index (χ1) is 8.09. The molecule has 94 valence electrons. The van der Waals surface area contributed by atoms with Crippen LogP contribution in [0.2, 0.25) is 5.02 Å². The molecule has 1 aliphatic carbocycles. The van der Waals surface area contributed by atoms with Crippen LogP contribution in [0.3, 0.4) is 0 Å². The fraction of sp³-hybridized carbons (Fsp3) is 0.538. The van der Waals surface area contributed by atoms with Crippen molar-refractivity contribution in [2.24, 2.45) is 0 Å². The summed E-state index contributed by atoms with van der Waals surface area (Å²) < 4.78 is 1.09. The number of hydrogen-bond donors (Lipinski definition) is 2. The molecule has 0 radical (unpaired) electrons. The van der Waals surface area contributed by atoms with Crippen LogP contribution in [0.15, 0.2) is 18.2 Å². The summed E-state index contributed by atoms with van der Waals surface area (Å²) in [6, 6.07) is 5.77. The topological polar surface area (TPSA) is 32.3 Å². The molecule has 0 saturated heterocycles. The molecule has 1 fully saturated rings. The lowest BCUT2D eigenvalue weighted by Crippen LogP contribution is -2.38. The van der Waals surface area contributed by atoms with E-state index in [1.165, 1.54) is 6.42 Å². The minimum absolute atomic E-state index is 0.527. The quantitative estimate of drug-likeness (QED) is 0.792. The molecule has 0 heterocycles. The summed E-state index contributed by atoms with van der Waals surface area (Å²) >= 11 is 8.17. The van der Waals surface area contributed by atoms with Crippen molar-refractivity contribution in [1.29, 1.82) is 0 Å². The zero-order valence-electron chi connectivity index (χ0n) is 9.68. The van der Waals surface area contributed by atoms with E-state index in [4.69, 9.17) is 11.6 Å². The molecule has 0 spiro atoms. The van der Waals surface area contributed by atoms with Crippen molar-refractivity contribution in [3.8, 4) is 0 Å². The highest BCUT2D eigenvalue weighted by Crippen LogP contribution is 2.29. The number of aliphatic hydroxyl groups is 1. The molecule has 0 amide bonds. The molecule has 1 aromatic carbocycles. The van der Waals surface area contributed by atoms with E-state index in [1.807, 2.05) is 18.2 Å². The number of hydrogen-bond acceptors (Lipinski definition) is 2. The van der Waals surface area contributed by atoms with E-state index < -0.39 is 5.60 Å². The normalized spacial score (nSPS) is 19.0. The number of rotatable bonds is 3. The van der Waals surface area contributed by atoms with E-state index in [0.717, 1.165) is 40.0 Å². The van der Waals surface area contributed by atoms with Crippen molar-refractivity contribution in [1.82, 2.24) is 0 Å². The average molecular weight is 366 g/mol. The van der Waals surface area contributed by atoms with Gasteiger partial charge >= 0.3 is 0 Å². The fourth-order valence-corrected chi connectivity index (χ4v) is 3.34. The van der Waals surface area contributed by atoms with Gasteiger partial charge in [0.15, 0.2) is 0 Å². The lowest BCUT2D eigenvalue weighted by molar-refractivity contribution is 0.0167. The van der Waals surface area contributed by atoms with Gasteiger partial charge in [0.2, 0.25) is 0 Å². The molecule has 0 atom stereocenters. The van der Waals surface area contributed by atoms with Gasteiger partial charge in [-0.25, -0.2) is 0 Å². The summed E-state index contributed by atoms with van der Waals surface area (Å²) in [5, 5.41) is 14.5. The molecule has 0 bridgehead atoms. The van der Waals surface area contributed by atoms with Crippen LogP contribution < -0.4 is 5.32 Å². The highest BCUT2D eigenvalue weighted by molar-refractivity contribution is 14.1. The average Bonchev–Trinajstić information content (AvgIpc) is 2.29. The Labute approximate surface area is 121 Å². The summed E-state index contributed by atoms with van der Waals surface area (Å²) in [6.45, 7) is 0.630. The standard InChI is InChI=1S/C13H17ClINO/c14-10-4-5-12(11(15)8-10)16-9-13(17)6-2-1-3-7-13/h4-5,8,16-17H,1-3,6-7,9H2. The Bertz CT molecular complexity index is 391. The largest absolute Gasteiger partial charge is 0.388 e. The summed E-state index contributed by atoms with van der Waals surface area (Å²) in [5.41, 5.74) is 0.523. The van der Waals surface area contributed by atoms with E-state index >= 15 is 0 Å². The van der Waals surface area contributed by atoms with E-state index in [2.05, 4.69) is 27.9 Å². The Morgan fingerprint density at radius 3 is 2.65 bits per heavy atom. The van der Waals surface area contributed by atoms with Gasteiger partial charge < -0.3 is 10.4 Å². The Balaban J connectivity index is 1.97. The fourth-order valence-electron chi connectivity index (χ4n) is 2.28. The minimum Gasteiger partial charge on any atom is -0.388 e. The first-order valence-corrected chi connectivity index (χ1v) is 7.46. The number of nitrogens with one attached hydrogen (secondary N) is 1. The third-order valence-corrected chi connectivity index (χ3v) is 4.45. The van der Waals surface area contributed by atoms with E-state index in [-0.39, 0.29) is 0 Å². The van der Waals surface area contributed by atoms with Gasteiger partial charge in [0.1, 0.15) is 0 Å². The van der Waals surface area contributed by atoms with Crippen molar-refractivity contribution in [3.05, 3.63) is 26.8 Å². The van der Waals surface area contributed by atoms with Crippen LogP contribution in [0.25, 0.3) is 0 Å². The van der Waals surface area contributed by atoms with Gasteiger partial charge in [-0.1, -0.05) is 30.9 Å². The van der Waals surface area contributed by atoms with E-state index in [1.54, 1.807) is 0 Å². The number of halogens is 2. The van der Waals surface area contributed by atoms with E-state index in [0.29, 0.717) is 6.54 Å². The molecule has 1 saturated carbocycles.